The maximum atomic E-state index is 13.0. The highest BCUT2D eigenvalue weighted by Crippen LogP contribution is 2.32. The Labute approximate surface area is 143 Å². The van der Waals surface area contributed by atoms with Crippen LogP contribution in [0.2, 0.25) is 0 Å². The van der Waals surface area contributed by atoms with Crippen LogP contribution in [0.3, 0.4) is 0 Å². The smallest absolute Gasteiger partial charge is 0.243 e. The Morgan fingerprint density at radius 1 is 1.21 bits per heavy atom. The summed E-state index contributed by atoms with van der Waals surface area (Å²) in [6.45, 7) is 2.14. The summed E-state index contributed by atoms with van der Waals surface area (Å²) >= 11 is 0. The van der Waals surface area contributed by atoms with Crippen molar-refractivity contribution < 1.29 is 26.3 Å². The minimum absolute atomic E-state index is 0.0271. The molecule has 1 aliphatic heterocycles. The zero-order chi connectivity index (χ0) is 18.0. The number of sulfone groups is 1. The lowest BCUT2D eigenvalue weighted by atomic mass is 10.2. The zero-order valence-corrected chi connectivity index (χ0v) is 15.7. The summed E-state index contributed by atoms with van der Waals surface area (Å²) in [5.41, 5.74) is 0. The van der Waals surface area contributed by atoms with Gasteiger partial charge >= 0.3 is 0 Å². The Morgan fingerprint density at radius 2 is 1.88 bits per heavy atom. The van der Waals surface area contributed by atoms with Crippen LogP contribution in [-0.4, -0.2) is 59.5 Å². The van der Waals surface area contributed by atoms with Crippen LogP contribution in [0.25, 0.3) is 0 Å². The number of nitrogens with zero attached hydrogens (tertiary/aromatic N) is 1. The fourth-order valence-electron chi connectivity index (χ4n) is 2.83. The summed E-state index contributed by atoms with van der Waals surface area (Å²) in [6.07, 6.45) is 0.928. The summed E-state index contributed by atoms with van der Waals surface area (Å²) in [7, 11) is -4.09. The van der Waals surface area contributed by atoms with E-state index in [0.29, 0.717) is 24.3 Å². The van der Waals surface area contributed by atoms with Crippen LogP contribution in [0.4, 0.5) is 0 Å². The van der Waals surface area contributed by atoms with E-state index < -0.39 is 25.9 Å². The van der Waals surface area contributed by atoms with Gasteiger partial charge in [0.15, 0.2) is 21.3 Å². The van der Waals surface area contributed by atoms with Crippen LogP contribution < -0.4 is 9.47 Å². The van der Waals surface area contributed by atoms with E-state index in [0.717, 1.165) is 0 Å². The number of ether oxygens (including phenoxy) is 2. The molecular formula is C15H23NO6S2. The van der Waals surface area contributed by atoms with Crippen molar-refractivity contribution in [2.75, 3.05) is 32.3 Å². The second kappa shape index (κ2) is 7.28. The normalized spacial score (nSPS) is 20.2. The largest absolute Gasteiger partial charge is 0.493 e. The molecule has 0 aliphatic carbocycles. The number of methoxy groups -OCH3 is 2. The predicted molar refractivity (Wildman–Crippen MR) is 90.8 cm³/mol. The third-order valence-corrected chi connectivity index (χ3v) is 7.72. The molecule has 24 heavy (non-hydrogen) atoms. The third-order valence-electron chi connectivity index (χ3n) is 4.02. The molecule has 1 aliphatic rings. The van der Waals surface area contributed by atoms with Crippen LogP contribution in [-0.2, 0) is 19.9 Å². The highest BCUT2D eigenvalue weighted by Gasteiger charge is 2.38. The van der Waals surface area contributed by atoms with Crippen molar-refractivity contribution in [3.8, 4) is 11.5 Å². The molecule has 1 fully saturated rings. The average molecular weight is 377 g/mol. The van der Waals surface area contributed by atoms with Crippen LogP contribution in [0, 0.1) is 0 Å². The van der Waals surface area contributed by atoms with E-state index in [1.807, 2.05) is 6.92 Å². The molecule has 2 rings (SSSR count). The van der Waals surface area contributed by atoms with Crippen molar-refractivity contribution in [1.29, 1.82) is 0 Å². The lowest BCUT2D eigenvalue weighted by Gasteiger charge is -2.27. The lowest BCUT2D eigenvalue weighted by Crippen LogP contribution is -2.41. The van der Waals surface area contributed by atoms with Gasteiger partial charge in [-0.05, 0) is 25.0 Å². The number of rotatable bonds is 7. The Bertz CT molecular complexity index is 788. The fraction of sp³-hybridized carbons (Fsp3) is 0.600. The van der Waals surface area contributed by atoms with Crippen molar-refractivity contribution in [2.24, 2.45) is 0 Å². The molecule has 0 saturated carbocycles. The molecule has 0 unspecified atom stereocenters. The first-order valence-electron chi connectivity index (χ1n) is 7.69. The Morgan fingerprint density at radius 3 is 2.38 bits per heavy atom. The van der Waals surface area contributed by atoms with E-state index in [9.17, 15) is 16.8 Å². The molecule has 1 aromatic carbocycles. The summed E-state index contributed by atoms with van der Waals surface area (Å²) in [5, 5.41) is 0. The van der Waals surface area contributed by atoms with Gasteiger partial charge in [0, 0.05) is 18.7 Å². The van der Waals surface area contributed by atoms with Gasteiger partial charge in [0.25, 0.3) is 0 Å². The fourth-order valence-corrected chi connectivity index (χ4v) is 6.42. The van der Waals surface area contributed by atoms with E-state index in [4.69, 9.17) is 9.47 Å². The second-order valence-corrected chi connectivity index (χ2v) is 9.81. The number of sulfonamides is 1. The first kappa shape index (κ1) is 19.0. The zero-order valence-electron chi connectivity index (χ0n) is 14.1. The van der Waals surface area contributed by atoms with Gasteiger partial charge in [0.1, 0.15) is 0 Å². The van der Waals surface area contributed by atoms with Gasteiger partial charge in [-0.15, -0.1) is 0 Å². The topological polar surface area (TPSA) is 90.0 Å². The molecule has 136 valence electrons. The lowest BCUT2D eigenvalue weighted by molar-refractivity contribution is 0.338. The van der Waals surface area contributed by atoms with Crippen LogP contribution in [0.1, 0.15) is 19.8 Å². The molecule has 9 heteroatoms. The predicted octanol–water partition coefficient (Wildman–Crippen LogP) is 1.29. The molecule has 1 atom stereocenters. The SMILES string of the molecule is CCCN([C@H]1CCS(=O)(=O)C1)S(=O)(=O)c1ccc(OC)c(OC)c1. The summed E-state index contributed by atoms with van der Waals surface area (Å²) in [6, 6.07) is 3.86. The molecule has 1 saturated heterocycles. The van der Waals surface area contributed by atoms with Crippen molar-refractivity contribution in [3.63, 3.8) is 0 Å². The van der Waals surface area contributed by atoms with E-state index in [1.165, 1.54) is 36.7 Å². The molecule has 7 nitrogen and oxygen atoms in total. The Hall–Kier alpha value is -1.32. The highest BCUT2D eigenvalue weighted by molar-refractivity contribution is 7.92. The maximum absolute atomic E-state index is 13.0. The highest BCUT2D eigenvalue weighted by atomic mass is 32.2. The monoisotopic (exact) mass is 377 g/mol. The number of hydrogen-bond acceptors (Lipinski definition) is 6. The van der Waals surface area contributed by atoms with Crippen LogP contribution >= 0.6 is 0 Å². The van der Waals surface area contributed by atoms with E-state index in [1.54, 1.807) is 0 Å². The summed E-state index contributed by atoms with van der Waals surface area (Å²) in [4.78, 5) is 0.0675. The molecule has 0 N–H and O–H groups in total. The number of hydrogen-bond donors (Lipinski definition) is 0. The molecule has 0 amide bonds. The standard InChI is InChI=1S/C15H23NO6S2/c1-4-8-16(12-7-9-23(17,18)11-12)24(19,20)13-5-6-14(21-2)15(10-13)22-3/h5-6,10,12H,4,7-9,11H2,1-3H3/t12-/m0/s1. The molecule has 1 aromatic rings. The number of benzene rings is 1. The Kier molecular flexibility index (Phi) is 5.77. The third kappa shape index (κ3) is 3.84. The van der Waals surface area contributed by atoms with Gasteiger partial charge in [0.2, 0.25) is 10.0 Å². The molecule has 0 spiro atoms. The van der Waals surface area contributed by atoms with Gasteiger partial charge in [-0.3, -0.25) is 0 Å². The maximum Gasteiger partial charge on any atom is 0.243 e. The molecule has 0 radical (unpaired) electrons. The van der Waals surface area contributed by atoms with Gasteiger partial charge in [-0.2, -0.15) is 4.31 Å². The van der Waals surface area contributed by atoms with Gasteiger partial charge in [-0.1, -0.05) is 6.92 Å². The molecule has 1 heterocycles. The molecule has 0 aromatic heterocycles. The first-order chi connectivity index (χ1) is 11.2. The van der Waals surface area contributed by atoms with Gasteiger partial charge < -0.3 is 9.47 Å². The minimum Gasteiger partial charge on any atom is -0.493 e. The second-order valence-electron chi connectivity index (χ2n) is 5.69. The van der Waals surface area contributed by atoms with Crippen LogP contribution in [0.15, 0.2) is 23.1 Å². The first-order valence-corrected chi connectivity index (χ1v) is 11.0. The van der Waals surface area contributed by atoms with E-state index in [2.05, 4.69) is 0 Å². The van der Waals surface area contributed by atoms with Crippen molar-refractivity contribution in [3.05, 3.63) is 18.2 Å². The van der Waals surface area contributed by atoms with Crippen LogP contribution in [0.5, 0.6) is 11.5 Å². The van der Waals surface area contributed by atoms with Crippen molar-refractivity contribution in [2.45, 2.75) is 30.7 Å². The van der Waals surface area contributed by atoms with Gasteiger partial charge in [0.05, 0.1) is 30.6 Å². The molecule has 0 bridgehead atoms. The molecular weight excluding hydrogens is 354 g/mol. The van der Waals surface area contributed by atoms with Crippen molar-refractivity contribution in [1.82, 2.24) is 4.31 Å². The van der Waals surface area contributed by atoms with E-state index >= 15 is 0 Å². The average Bonchev–Trinajstić information content (AvgIpc) is 2.91. The van der Waals surface area contributed by atoms with E-state index in [-0.39, 0.29) is 22.9 Å². The summed E-state index contributed by atoms with van der Waals surface area (Å²) in [5.74, 6) is 0.648. The Balaban J connectivity index is 2.42. The quantitative estimate of drug-likeness (QED) is 0.711. The van der Waals surface area contributed by atoms with Crippen molar-refractivity contribution >= 4 is 19.9 Å². The van der Waals surface area contributed by atoms with Gasteiger partial charge in [-0.25, -0.2) is 16.8 Å². The minimum atomic E-state index is -3.82. The summed E-state index contributed by atoms with van der Waals surface area (Å²) < 4.78 is 61.1.